The minimum atomic E-state index is 0.0110. The Balaban J connectivity index is 1.76. The molecule has 0 atom stereocenters. The Morgan fingerprint density at radius 3 is 2.68 bits per heavy atom. The van der Waals surface area contributed by atoms with Gasteiger partial charge >= 0.3 is 0 Å². The number of aliphatic hydroxyl groups excluding tert-OH is 1. The summed E-state index contributed by atoms with van der Waals surface area (Å²) in [5.41, 5.74) is 2.10. The van der Waals surface area contributed by atoms with E-state index in [0.717, 1.165) is 18.4 Å². The van der Waals surface area contributed by atoms with Crippen molar-refractivity contribution in [2.24, 2.45) is 5.92 Å². The van der Waals surface area contributed by atoms with Gasteiger partial charge in [-0.1, -0.05) is 0 Å². The van der Waals surface area contributed by atoms with Crippen LogP contribution in [0.3, 0.4) is 0 Å². The van der Waals surface area contributed by atoms with Gasteiger partial charge in [-0.2, -0.15) is 0 Å². The maximum Gasteiger partial charge on any atom is 0.253 e. The molecule has 1 aliphatic heterocycles. The minimum Gasteiger partial charge on any atom is -0.396 e. The van der Waals surface area contributed by atoms with Crippen molar-refractivity contribution >= 4 is 5.91 Å². The molecule has 1 amide bonds. The molecular formula is C16H18N4O2. The Bertz CT molecular complexity index is 640. The smallest absolute Gasteiger partial charge is 0.253 e. The number of amides is 1. The molecule has 1 N–H and O–H groups in total. The van der Waals surface area contributed by atoms with Crippen LogP contribution in [0.25, 0.3) is 11.3 Å². The maximum absolute atomic E-state index is 12.6. The van der Waals surface area contributed by atoms with Crippen molar-refractivity contribution in [3.8, 4) is 11.3 Å². The van der Waals surface area contributed by atoms with E-state index in [1.807, 2.05) is 4.90 Å². The van der Waals surface area contributed by atoms with Gasteiger partial charge in [-0.25, -0.2) is 9.97 Å². The van der Waals surface area contributed by atoms with Crippen LogP contribution in [-0.2, 0) is 0 Å². The molecule has 0 aliphatic carbocycles. The lowest BCUT2D eigenvalue weighted by Crippen LogP contribution is -2.39. The summed E-state index contributed by atoms with van der Waals surface area (Å²) in [6.45, 7) is 1.59. The molecule has 0 saturated carbocycles. The number of likely N-dealkylation sites (tertiary alicyclic amines) is 1. The Labute approximate surface area is 128 Å². The summed E-state index contributed by atoms with van der Waals surface area (Å²) in [7, 11) is 0. The number of carbonyl (C=O) groups excluding carboxylic acids is 1. The zero-order chi connectivity index (χ0) is 15.4. The van der Waals surface area contributed by atoms with E-state index in [1.165, 1.54) is 6.33 Å². The Morgan fingerprint density at radius 1 is 1.27 bits per heavy atom. The topological polar surface area (TPSA) is 79.2 Å². The van der Waals surface area contributed by atoms with E-state index in [-0.39, 0.29) is 12.5 Å². The predicted molar refractivity (Wildman–Crippen MR) is 81.0 cm³/mol. The fourth-order valence-corrected chi connectivity index (χ4v) is 2.65. The molecule has 0 unspecified atom stereocenters. The summed E-state index contributed by atoms with van der Waals surface area (Å²) in [4.78, 5) is 26.6. The summed E-state index contributed by atoms with van der Waals surface area (Å²) < 4.78 is 0. The summed E-state index contributed by atoms with van der Waals surface area (Å²) in [5.74, 6) is 0.329. The third-order valence-electron chi connectivity index (χ3n) is 4.02. The second-order valence-corrected chi connectivity index (χ2v) is 5.48. The summed E-state index contributed by atoms with van der Waals surface area (Å²) >= 11 is 0. The van der Waals surface area contributed by atoms with Crippen molar-refractivity contribution in [2.45, 2.75) is 12.8 Å². The van der Waals surface area contributed by atoms with E-state index in [2.05, 4.69) is 15.0 Å². The van der Waals surface area contributed by atoms with Crippen LogP contribution in [0, 0.1) is 5.92 Å². The molecule has 114 valence electrons. The number of aromatic nitrogens is 3. The van der Waals surface area contributed by atoms with Crippen molar-refractivity contribution in [3.05, 3.63) is 42.6 Å². The van der Waals surface area contributed by atoms with Crippen LogP contribution in [0.1, 0.15) is 23.2 Å². The van der Waals surface area contributed by atoms with Gasteiger partial charge in [0, 0.05) is 49.4 Å². The van der Waals surface area contributed by atoms with Crippen LogP contribution >= 0.6 is 0 Å². The van der Waals surface area contributed by atoms with E-state index in [4.69, 9.17) is 0 Å². The van der Waals surface area contributed by atoms with Gasteiger partial charge in [-0.05, 0) is 30.9 Å². The first kappa shape index (κ1) is 14.6. The highest BCUT2D eigenvalue weighted by atomic mass is 16.3. The first-order valence-corrected chi connectivity index (χ1v) is 7.39. The zero-order valence-corrected chi connectivity index (χ0v) is 12.2. The average molecular weight is 298 g/mol. The van der Waals surface area contributed by atoms with Crippen LogP contribution in [0.15, 0.2) is 37.1 Å². The van der Waals surface area contributed by atoms with Crippen molar-refractivity contribution in [3.63, 3.8) is 0 Å². The van der Waals surface area contributed by atoms with E-state index >= 15 is 0 Å². The van der Waals surface area contributed by atoms with Crippen LogP contribution in [-0.4, -0.2) is 50.6 Å². The number of nitrogens with zero attached hydrogens (tertiary/aromatic N) is 4. The van der Waals surface area contributed by atoms with Gasteiger partial charge in [0.15, 0.2) is 0 Å². The minimum absolute atomic E-state index is 0.0110. The molecule has 0 aromatic carbocycles. The normalized spacial score (nSPS) is 15.8. The number of hydrogen-bond donors (Lipinski definition) is 1. The molecule has 3 rings (SSSR count). The van der Waals surface area contributed by atoms with Gasteiger partial charge in [0.2, 0.25) is 0 Å². The quantitative estimate of drug-likeness (QED) is 0.926. The molecule has 6 nitrogen and oxygen atoms in total. The lowest BCUT2D eigenvalue weighted by molar-refractivity contribution is 0.0651. The molecule has 0 radical (unpaired) electrons. The van der Waals surface area contributed by atoms with Crippen molar-refractivity contribution in [1.82, 2.24) is 19.9 Å². The van der Waals surface area contributed by atoms with E-state index in [1.54, 1.807) is 30.7 Å². The highest BCUT2D eigenvalue weighted by Gasteiger charge is 2.23. The monoisotopic (exact) mass is 298 g/mol. The third-order valence-corrected chi connectivity index (χ3v) is 4.02. The molecule has 0 spiro atoms. The highest BCUT2D eigenvalue weighted by Crippen LogP contribution is 2.20. The number of piperidine rings is 1. The van der Waals surface area contributed by atoms with Gasteiger partial charge < -0.3 is 10.0 Å². The molecule has 22 heavy (non-hydrogen) atoms. The number of aliphatic hydroxyl groups is 1. The van der Waals surface area contributed by atoms with E-state index in [9.17, 15) is 9.90 Å². The van der Waals surface area contributed by atoms with E-state index < -0.39 is 0 Å². The fraction of sp³-hybridized carbons (Fsp3) is 0.375. The largest absolute Gasteiger partial charge is 0.396 e. The molecule has 3 heterocycles. The van der Waals surface area contributed by atoms with Gasteiger partial charge in [0.05, 0.1) is 5.69 Å². The lowest BCUT2D eigenvalue weighted by Gasteiger charge is -2.31. The van der Waals surface area contributed by atoms with Crippen molar-refractivity contribution in [1.29, 1.82) is 0 Å². The molecule has 2 aromatic heterocycles. The molecule has 1 fully saturated rings. The molecule has 1 aliphatic rings. The Kier molecular flexibility index (Phi) is 4.39. The lowest BCUT2D eigenvalue weighted by atomic mass is 9.97. The van der Waals surface area contributed by atoms with Crippen LogP contribution in [0.2, 0.25) is 0 Å². The third kappa shape index (κ3) is 3.12. The number of pyridine rings is 1. The number of rotatable bonds is 3. The van der Waals surface area contributed by atoms with Gasteiger partial charge in [-0.15, -0.1) is 0 Å². The molecule has 2 aromatic rings. The average Bonchev–Trinajstić information content (AvgIpc) is 2.62. The molecular weight excluding hydrogens is 280 g/mol. The number of carbonyl (C=O) groups is 1. The van der Waals surface area contributed by atoms with Crippen LogP contribution in [0.5, 0.6) is 0 Å². The number of hydrogen-bond acceptors (Lipinski definition) is 5. The van der Waals surface area contributed by atoms with Crippen molar-refractivity contribution < 1.29 is 9.90 Å². The van der Waals surface area contributed by atoms with Gasteiger partial charge in [0.1, 0.15) is 6.33 Å². The Morgan fingerprint density at radius 2 is 2.00 bits per heavy atom. The summed E-state index contributed by atoms with van der Waals surface area (Å²) in [5, 5.41) is 9.17. The highest BCUT2D eigenvalue weighted by molar-refractivity contribution is 5.95. The second-order valence-electron chi connectivity index (χ2n) is 5.48. The molecule has 1 saturated heterocycles. The first-order chi connectivity index (χ1) is 10.8. The van der Waals surface area contributed by atoms with E-state index in [0.29, 0.717) is 30.3 Å². The molecule has 0 bridgehead atoms. The Hall–Kier alpha value is -2.34. The standard InChI is InChI=1S/C16H18N4O2/c21-10-12-2-5-20(6-3-12)16(22)13-1-4-19-15(7-13)14-8-17-11-18-9-14/h1,4,7-9,11-12,21H,2-3,5-6,10H2. The van der Waals surface area contributed by atoms with Crippen LogP contribution in [0.4, 0.5) is 0 Å². The van der Waals surface area contributed by atoms with Crippen LogP contribution < -0.4 is 0 Å². The SMILES string of the molecule is O=C(c1ccnc(-c2cncnc2)c1)N1CCC(CO)CC1. The molecule has 6 heteroatoms. The predicted octanol–water partition coefficient (Wildman–Crippen LogP) is 1.38. The maximum atomic E-state index is 12.6. The summed E-state index contributed by atoms with van der Waals surface area (Å²) in [6.07, 6.45) is 8.16. The fourth-order valence-electron chi connectivity index (χ4n) is 2.65. The van der Waals surface area contributed by atoms with Gasteiger partial charge in [-0.3, -0.25) is 9.78 Å². The zero-order valence-electron chi connectivity index (χ0n) is 12.2. The van der Waals surface area contributed by atoms with Crippen molar-refractivity contribution in [2.75, 3.05) is 19.7 Å². The second kappa shape index (κ2) is 6.62. The van der Waals surface area contributed by atoms with Gasteiger partial charge in [0.25, 0.3) is 5.91 Å². The first-order valence-electron chi connectivity index (χ1n) is 7.39. The summed E-state index contributed by atoms with van der Waals surface area (Å²) in [6, 6.07) is 3.51.